The number of benzene rings is 2. The Hall–Kier alpha value is -3.49. The molecule has 0 saturated heterocycles. The van der Waals surface area contributed by atoms with Crippen molar-refractivity contribution in [3.8, 4) is 17.3 Å². The summed E-state index contributed by atoms with van der Waals surface area (Å²) >= 11 is -1.28. The second-order valence-corrected chi connectivity index (χ2v) is 9.10. The molecule has 1 fully saturated rings. The van der Waals surface area contributed by atoms with Crippen molar-refractivity contribution in [2.45, 2.75) is 18.6 Å². The van der Waals surface area contributed by atoms with E-state index in [1.165, 1.54) is 0 Å². The average molecular weight is 477 g/mol. The lowest BCUT2D eigenvalue weighted by Crippen LogP contribution is -2.27. The Morgan fingerprint density at radius 2 is 2.09 bits per heavy atom. The van der Waals surface area contributed by atoms with E-state index in [1.807, 2.05) is 30.3 Å². The molecule has 0 aliphatic heterocycles. The monoisotopic (exact) mass is 476 g/mol. The van der Waals surface area contributed by atoms with Crippen LogP contribution in [0.4, 0.5) is 17.3 Å². The Morgan fingerprint density at radius 3 is 2.85 bits per heavy atom. The summed E-state index contributed by atoms with van der Waals surface area (Å²) in [6, 6.07) is 16.5. The molecule has 1 saturated carbocycles. The number of anilines is 3. The fourth-order valence-electron chi connectivity index (χ4n) is 3.29. The fraction of sp³-hybridized carbons (Fsp3) is 0.250. The van der Waals surface area contributed by atoms with E-state index in [4.69, 9.17) is 5.11 Å². The number of nitrogens with zero attached hydrogens (tertiary/aromatic N) is 3. The van der Waals surface area contributed by atoms with Gasteiger partial charge in [0.05, 0.1) is 30.1 Å². The number of aliphatic hydroxyl groups excluding tert-OH is 1. The highest BCUT2D eigenvalue weighted by Crippen LogP contribution is 2.31. The summed E-state index contributed by atoms with van der Waals surface area (Å²) in [5.74, 6) is 0.681. The Labute approximate surface area is 200 Å². The maximum atomic E-state index is 12.1. The highest BCUT2D eigenvalue weighted by Gasteiger charge is 2.30. The number of nitrogens with one attached hydrogen (secondary N) is 3. The summed E-state index contributed by atoms with van der Waals surface area (Å²) < 4.78 is 14.8. The van der Waals surface area contributed by atoms with E-state index < -0.39 is 11.4 Å². The summed E-state index contributed by atoms with van der Waals surface area (Å²) in [6.45, 7) is 0.196. The van der Waals surface area contributed by atoms with Crippen molar-refractivity contribution in [2.75, 3.05) is 23.8 Å². The van der Waals surface area contributed by atoms with E-state index in [1.54, 1.807) is 24.4 Å². The molecule has 0 radical (unpaired) electrons. The molecule has 1 unspecified atom stereocenters. The van der Waals surface area contributed by atoms with Gasteiger partial charge in [0.15, 0.2) is 5.75 Å². The molecule has 1 aliphatic carbocycles. The van der Waals surface area contributed by atoms with Crippen LogP contribution in [0.15, 0.2) is 54.7 Å². The lowest BCUT2D eigenvalue weighted by atomic mass is 10.1. The van der Waals surface area contributed by atoms with E-state index in [0.717, 1.165) is 29.7 Å². The molecule has 4 N–H and O–H groups in total. The number of rotatable bonds is 10. The van der Waals surface area contributed by atoms with Crippen molar-refractivity contribution in [1.82, 2.24) is 14.7 Å². The molecule has 10 heteroatoms. The largest absolute Gasteiger partial charge is 0.598 e. The fourth-order valence-corrected chi connectivity index (χ4v) is 4.20. The number of hydrogen-bond donors (Lipinski definition) is 4. The zero-order valence-corrected chi connectivity index (χ0v) is 19.1. The molecule has 1 heterocycles. The van der Waals surface area contributed by atoms with Gasteiger partial charge >= 0.3 is 0 Å². The molecular formula is C24H24N6O3S. The lowest BCUT2D eigenvalue weighted by molar-refractivity contribution is -0.117. The SMILES string of the molecule is N#Cc1cc(-c2ccnc(Nc3cccc(C[S+]([O-])NCCO)c3)n2)ccc1NC(=O)C1CC1. The molecule has 0 bridgehead atoms. The van der Waals surface area contributed by atoms with Gasteiger partial charge in [-0.1, -0.05) is 18.2 Å². The van der Waals surface area contributed by atoms with E-state index >= 15 is 0 Å². The standard InChI is InChI=1S/C24H24N6O3S/c25-14-19-13-18(6-7-21(19)29-23(32)17-4-5-17)22-8-9-26-24(30-22)28-20-3-1-2-16(12-20)15-34(33)27-10-11-31/h1-3,6-9,12-13,17,27,31H,4-5,10-11,15H2,(H,29,32)(H,26,28,30). The van der Waals surface area contributed by atoms with Crippen LogP contribution in [0.1, 0.15) is 24.0 Å². The van der Waals surface area contributed by atoms with Crippen LogP contribution in [0.3, 0.4) is 0 Å². The number of amides is 1. The Kier molecular flexibility index (Phi) is 7.72. The third-order valence-corrected chi connectivity index (χ3v) is 6.27. The molecule has 174 valence electrons. The predicted molar refractivity (Wildman–Crippen MR) is 130 cm³/mol. The Morgan fingerprint density at radius 1 is 1.24 bits per heavy atom. The molecule has 3 aromatic rings. The van der Waals surface area contributed by atoms with Crippen molar-refractivity contribution < 1.29 is 14.5 Å². The summed E-state index contributed by atoms with van der Waals surface area (Å²) in [5.41, 5.74) is 3.82. The molecular weight excluding hydrogens is 452 g/mol. The van der Waals surface area contributed by atoms with E-state index in [0.29, 0.717) is 28.6 Å². The second kappa shape index (κ2) is 11.1. The van der Waals surface area contributed by atoms with Gasteiger partial charge in [-0.25, -0.2) is 9.97 Å². The maximum absolute atomic E-state index is 12.1. The topological polar surface area (TPSA) is 146 Å². The molecule has 1 aromatic heterocycles. The first-order valence-electron chi connectivity index (χ1n) is 10.8. The van der Waals surface area contributed by atoms with Gasteiger partial charge in [0, 0.05) is 40.3 Å². The first-order valence-corrected chi connectivity index (χ1v) is 12.1. The lowest BCUT2D eigenvalue weighted by Gasteiger charge is -2.12. The number of nitriles is 1. The molecule has 9 nitrogen and oxygen atoms in total. The second-order valence-electron chi connectivity index (χ2n) is 7.83. The van der Waals surface area contributed by atoms with E-state index in [9.17, 15) is 14.6 Å². The first kappa shape index (κ1) is 23.7. The Bertz CT molecular complexity index is 1210. The minimum absolute atomic E-state index is 0.0481. The average Bonchev–Trinajstić information content (AvgIpc) is 3.69. The van der Waals surface area contributed by atoms with Crippen molar-refractivity contribution in [2.24, 2.45) is 5.92 Å². The van der Waals surface area contributed by atoms with Crippen LogP contribution in [0.25, 0.3) is 11.3 Å². The van der Waals surface area contributed by atoms with Crippen molar-refractivity contribution in [1.29, 1.82) is 5.26 Å². The van der Waals surface area contributed by atoms with Crippen LogP contribution in [-0.2, 0) is 21.9 Å². The molecule has 1 aliphatic rings. The summed E-state index contributed by atoms with van der Waals surface area (Å²) in [4.78, 5) is 20.9. The maximum Gasteiger partial charge on any atom is 0.227 e. The van der Waals surface area contributed by atoms with Crippen LogP contribution in [0, 0.1) is 17.2 Å². The predicted octanol–water partition coefficient (Wildman–Crippen LogP) is 2.85. The van der Waals surface area contributed by atoms with Gasteiger partial charge in [-0.05, 0) is 43.2 Å². The van der Waals surface area contributed by atoms with Crippen molar-refractivity contribution in [3.05, 3.63) is 65.9 Å². The van der Waals surface area contributed by atoms with Gasteiger partial charge in [0.25, 0.3) is 0 Å². The molecule has 0 spiro atoms. The first-order chi connectivity index (χ1) is 16.6. The van der Waals surface area contributed by atoms with Crippen molar-refractivity contribution in [3.63, 3.8) is 0 Å². The summed E-state index contributed by atoms with van der Waals surface area (Å²) in [6.07, 6.45) is 3.41. The number of hydrogen-bond acceptors (Lipinski definition) is 8. The quantitative estimate of drug-likeness (QED) is 0.327. The van der Waals surface area contributed by atoms with Gasteiger partial charge in [-0.2, -0.15) is 5.26 Å². The summed E-state index contributed by atoms with van der Waals surface area (Å²) in [7, 11) is 0. The highest BCUT2D eigenvalue weighted by atomic mass is 32.2. The smallest absolute Gasteiger partial charge is 0.227 e. The van der Waals surface area contributed by atoms with Crippen molar-refractivity contribution >= 4 is 34.6 Å². The van der Waals surface area contributed by atoms with Crippen LogP contribution < -0.4 is 15.4 Å². The molecule has 34 heavy (non-hydrogen) atoms. The minimum Gasteiger partial charge on any atom is -0.598 e. The number of aliphatic hydroxyl groups is 1. The van der Waals surface area contributed by atoms with Crippen LogP contribution >= 0.6 is 0 Å². The van der Waals surface area contributed by atoms with Gasteiger partial charge in [0.2, 0.25) is 11.9 Å². The van der Waals surface area contributed by atoms with Crippen LogP contribution in [-0.4, -0.2) is 38.7 Å². The van der Waals surface area contributed by atoms with Crippen LogP contribution in [0.2, 0.25) is 0 Å². The zero-order valence-electron chi connectivity index (χ0n) is 18.3. The third-order valence-electron chi connectivity index (χ3n) is 5.15. The zero-order chi connectivity index (χ0) is 23.9. The minimum atomic E-state index is -1.28. The molecule has 2 aromatic carbocycles. The molecule has 1 amide bonds. The Balaban J connectivity index is 1.47. The number of carbonyl (C=O) groups is 1. The molecule has 1 atom stereocenters. The number of carbonyl (C=O) groups excluding carboxylic acids is 1. The van der Waals surface area contributed by atoms with Gasteiger partial charge in [-0.15, -0.1) is 4.72 Å². The normalized spacial score (nSPS) is 13.7. The highest BCUT2D eigenvalue weighted by molar-refractivity contribution is 7.88. The third kappa shape index (κ3) is 6.30. The van der Waals surface area contributed by atoms with Gasteiger partial charge in [-0.3, -0.25) is 4.79 Å². The van der Waals surface area contributed by atoms with Gasteiger partial charge in [0.1, 0.15) is 6.07 Å². The van der Waals surface area contributed by atoms with Crippen LogP contribution in [0.5, 0.6) is 0 Å². The van der Waals surface area contributed by atoms with E-state index in [-0.39, 0.29) is 25.0 Å². The molecule has 4 rings (SSSR count). The van der Waals surface area contributed by atoms with Gasteiger partial charge < -0.3 is 20.3 Å². The van der Waals surface area contributed by atoms with E-state index in [2.05, 4.69) is 31.4 Å². The number of aromatic nitrogens is 2. The summed E-state index contributed by atoms with van der Waals surface area (Å²) in [5, 5.41) is 24.4.